The quantitative estimate of drug-likeness (QED) is 0.789. The van der Waals surface area contributed by atoms with Crippen LogP contribution in [0.15, 0.2) is 30.3 Å². The minimum Gasteiger partial charge on any atom is -0.325 e. The minimum atomic E-state index is -0.212. The van der Waals surface area contributed by atoms with Gasteiger partial charge in [-0.15, -0.1) is 0 Å². The Morgan fingerprint density at radius 2 is 1.80 bits per heavy atom. The number of benzene rings is 1. The van der Waals surface area contributed by atoms with Crippen molar-refractivity contribution < 1.29 is 9.59 Å². The first kappa shape index (κ1) is 14.6. The molecule has 20 heavy (non-hydrogen) atoms. The van der Waals surface area contributed by atoms with Gasteiger partial charge in [0.25, 0.3) is 5.91 Å². The molecule has 4 nitrogen and oxygen atoms in total. The second-order valence-corrected chi connectivity index (χ2v) is 6.36. The molecular formula is C16H22N2O2. The van der Waals surface area contributed by atoms with Gasteiger partial charge >= 0.3 is 0 Å². The molecule has 0 spiro atoms. The molecule has 1 aliphatic heterocycles. The minimum absolute atomic E-state index is 0.00937. The lowest BCUT2D eigenvalue weighted by Gasteiger charge is -2.48. The summed E-state index contributed by atoms with van der Waals surface area (Å²) < 4.78 is 0. The van der Waals surface area contributed by atoms with Crippen LogP contribution in [0.25, 0.3) is 0 Å². The van der Waals surface area contributed by atoms with Crippen molar-refractivity contribution in [3.05, 3.63) is 35.9 Å². The highest BCUT2D eigenvalue weighted by molar-refractivity contribution is 5.95. The summed E-state index contributed by atoms with van der Waals surface area (Å²) in [6.07, 6.45) is 0.179. The topological polar surface area (TPSA) is 40.6 Å². The summed E-state index contributed by atoms with van der Waals surface area (Å²) in [4.78, 5) is 28.2. The van der Waals surface area contributed by atoms with E-state index in [1.165, 1.54) is 0 Å². The van der Waals surface area contributed by atoms with Crippen LogP contribution in [-0.2, 0) is 4.79 Å². The predicted octanol–water partition coefficient (Wildman–Crippen LogP) is 2.36. The molecule has 1 unspecified atom stereocenters. The van der Waals surface area contributed by atoms with Gasteiger partial charge in [-0.25, -0.2) is 0 Å². The number of carbonyl (C=O) groups excluding carboxylic acids is 2. The van der Waals surface area contributed by atoms with Gasteiger partial charge in [-0.3, -0.25) is 9.59 Å². The maximum absolute atomic E-state index is 12.7. The molecule has 108 valence electrons. The number of nitrogens with zero attached hydrogens (tertiary/aromatic N) is 2. The third kappa shape index (κ3) is 2.69. The van der Waals surface area contributed by atoms with Crippen molar-refractivity contribution >= 4 is 11.8 Å². The van der Waals surface area contributed by atoms with Gasteiger partial charge in [0.05, 0.1) is 0 Å². The fourth-order valence-electron chi connectivity index (χ4n) is 2.87. The van der Waals surface area contributed by atoms with Gasteiger partial charge in [-0.1, -0.05) is 39.0 Å². The van der Waals surface area contributed by atoms with E-state index < -0.39 is 0 Å². The van der Waals surface area contributed by atoms with Crippen LogP contribution in [0.3, 0.4) is 0 Å². The summed E-state index contributed by atoms with van der Waals surface area (Å²) in [5, 5.41) is 0. The summed E-state index contributed by atoms with van der Waals surface area (Å²) >= 11 is 0. The predicted molar refractivity (Wildman–Crippen MR) is 78.1 cm³/mol. The van der Waals surface area contributed by atoms with Crippen molar-refractivity contribution in [2.75, 3.05) is 13.6 Å². The maximum atomic E-state index is 12.7. The summed E-state index contributed by atoms with van der Waals surface area (Å²) in [5.41, 5.74) is 0.486. The van der Waals surface area contributed by atoms with E-state index >= 15 is 0 Å². The normalized spacial score (nSPS) is 20.2. The van der Waals surface area contributed by atoms with Crippen molar-refractivity contribution in [1.82, 2.24) is 9.80 Å². The van der Waals surface area contributed by atoms with Gasteiger partial charge in [0.1, 0.15) is 6.17 Å². The summed E-state index contributed by atoms with van der Waals surface area (Å²) in [6.45, 7) is 6.65. The van der Waals surface area contributed by atoms with E-state index in [-0.39, 0.29) is 23.4 Å². The van der Waals surface area contributed by atoms with Crippen molar-refractivity contribution in [1.29, 1.82) is 0 Å². The Kier molecular flexibility index (Phi) is 3.84. The fraction of sp³-hybridized carbons (Fsp3) is 0.500. The Hall–Kier alpha value is -1.84. The number of carbonyl (C=O) groups is 2. The average Bonchev–Trinajstić information content (AvgIpc) is 2.40. The second kappa shape index (κ2) is 5.27. The molecule has 4 heteroatoms. The smallest absolute Gasteiger partial charge is 0.255 e. The van der Waals surface area contributed by atoms with E-state index in [0.29, 0.717) is 18.5 Å². The number of hydrogen-bond acceptors (Lipinski definition) is 2. The van der Waals surface area contributed by atoms with E-state index in [1.54, 1.807) is 11.9 Å². The standard InChI is InChI=1S/C16H22N2O2/c1-16(2,3)15-17(4)13(19)10-11-18(15)14(20)12-8-6-5-7-9-12/h5-9,15H,10-11H2,1-4H3. The Balaban J connectivity index is 2.33. The Labute approximate surface area is 120 Å². The van der Waals surface area contributed by atoms with Crippen LogP contribution in [0, 0.1) is 5.41 Å². The Bertz CT molecular complexity index is 505. The second-order valence-electron chi connectivity index (χ2n) is 6.36. The van der Waals surface area contributed by atoms with Crippen LogP contribution < -0.4 is 0 Å². The van der Waals surface area contributed by atoms with E-state index in [1.807, 2.05) is 35.2 Å². The molecule has 0 aromatic heterocycles. The van der Waals surface area contributed by atoms with E-state index in [4.69, 9.17) is 0 Å². The molecule has 2 rings (SSSR count). The molecule has 1 aromatic carbocycles. The number of amides is 2. The molecule has 1 aliphatic rings. The third-order valence-corrected chi connectivity index (χ3v) is 3.68. The zero-order valence-corrected chi connectivity index (χ0v) is 12.6. The zero-order chi connectivity index (χ0) is 14.9. The van der Waals surface area contributed by atoms with Crippen LogP contribution >= 0.6 is 0 Å². The van der Waals surface area contributed by atoms with Gasteiger partial charge in [-0.2, -0.15) is 0 Å². The van der Waals surface area contributed by atoms with E-state index in [2.05, 4.69) is 20.8 Å². The molecule has 1 heterocycles. The van der Waals surface area contributed by atoms with Crippen molar-refractivity contribution in [3.63, 3.8) is 0 Å². The van der Waals surface area contributed by atoms with E-state index in [9.17, 15) is 9.59 Å². The fourth-order valence-corrected chi connectivity index (χ4v) is 2.87. The number of hydrogen-bond donors (Lipinski definition) is 0. The van der Waals surface area contributed by atoms with Gasteiger partial charge in [0, 0.05) is 31.0 Å². The maximum Gasteiger partial charge on any atom is 0.255 e. The van der Waals surface area contributed by atoms with Crippen LogP contribution in [0.4, 0.5) is 0 Å². The Morgan fingerprint density at radius 1 is 1.20 bits per heavy atom. The first-order valence-electron chi connectivity index (χ1n) is 6.94. The first-order valence-corrected chi connectivity index (χ1v) is 6.94. The SMILES string of the molecule is CN1C(=O)CCN(C(=O)c2ccccc2)C1C(C)(C)C. The zero-order valence-electron chi connectivity index (χ0n) is 12.6. The van der Waals surface area contributed by atoms with Crippen LogP contribution in [0.1, 0.15) is 37.6 Å². The molecule has 0 radical (unpaired) electrons. The average molecular weight is 274 g/mol. The van der Waals surface area contributed by atoms with Crippen molar-refractivity contribution in [2.24, 2.45) is 5.41 Å². The monoisotopic (exact) mass is 274 g/mol. The van der Waals surface area contributed by atoms with Gasteiger partial charge < -0.3 is 9.80 Å². The number of rotatable bonds is 1. The molecule has 0 saturated carbocycles. The molecule has 1 aromatic rings. The molecule has 1 atom stereocenters. The van der Waals surface area contributed by atoms with Crippen LogP contribution in [0.2, 0.25) is 0 Å². The Morgan fingerprint density at radius 3 is 2.35 bits per heavy atom. The lowest BCUT2D eigenvalue weighted by atomic mass is 9.88. The lowest BCUT2D eigenvalue weighted by molar-refractivity contribution is -0.145. The molecule has 0 aliphatic carbocycles. The molecule has 2 amide bonds. The first-order chi connectivity index (χ1) is 9.32. The highest BCUT2D eigenvalue weighted by Gasteiger charge is 2.41. The van der Waals surface area contributed by atoms with Crippen LogP contribution in [-0.4, -0.2) is 41.4 Å². The summed E-state index contributed by atoms with van der Waals surface area (Å²) in [6, 6.07) is 9.25. The third-order valence-electron chi connectivity index (χ3n) is 3.68. The highest BCUT2D eigenvalue weighted by Crippen LogP contribution is 2.31. The summed E-state index contributed by atoms with van der Waals surface area (Å²) in [7, 11) is 1.78. The van der Waals surface area contributed by atoms with Crippen molar-refractivity contribution in [2.45, 2.75) is 33.4 Å². The molecule has 1 saturated heterocycles. The van der Waals surface area contributed by atoms with Gasteiger partial charge in [0.2, 0.25) is 5.91 Å². The molecule has 0 bridgehead atoms. The molecule has 0 N–H and O–H groups in total. The molecular weight excluding hydrogens is 252 g/mol. The summed E-state index contributed by atoms with van der Waals surface area (Å²) in [5.74, 6) is 0.0897. The largest absolute Gasteiger partial charge is 0.325 e. The van der Waals surface area contributed by atoms with Gasteiger partial charge in [0.15, 0.2) is 0 Å². The highest BCUT2D eigenvalue weighted by atomic mass is 16.2. The van der Waals surface area contributed by atoms with E-state index in [0.717, 1.165) is 0 Å². The van der Waals surface area contributed by atoms with Crippen molar-refractivity contribution in [3.8, 4) is 0 Å². The lowest BCUT2D eigenvalue weighted by Crippen LogP contribution is -2.61. The van der Waals surface area contributed by atoms with Gasteiger partial charge in [-0.05, 0) is 12.1 Å². The molecule has 1 fully saturated rings. The van der Waals surface area contributed by atoms with Crippen LogP contribution in [0.5, 0.6) is 0 Å².